The predicted molar refractivity (Wildman–Crippen MR) is 124 cm³/mol. The minimum absolute atomic E-state index is 0.139. The normalized spacial score (nSPS) is 10.9. The number of carbonyl (C=O) groups is 1. The summed E-state index contributed by atoms with van der Waals surface area (Å²) >= 11 is 3.47. The molecule has 4 aromatic rings. The Morgan fingerprint density at radius 3 is 2.43 bits per heavy atom. The summed E-state index contributed by atoms with van der Waals surface area (Å²) < 4.78 is 2.23. The van der Waals surface area contributed by atoms with E-state index in [1.54, 1.807) is 12.1 Å². The van der Waals surface area contributed by atoms with Crippen molar-refractivity contribution in [2.75, 3.05) is 5.32 Å². The highest BCUT2D eigenvalue weighted by Gasteiger charge is 2.16. The maximum Gasteiger partial charge on any atom is 0.262 e. The van der Waals surface area contributed by atoms with E-state index in [1.165, 1.54) is 4.57 Å². The Kier molecular flexibility index (Phi) is 5.50. The van der Waals surface area contributed by atoms with Gasteiger partial charge in [-0.2, -0.15) is 0 Å². The minimum Gasteiger partial charge on any atom is -0.324 e. The van der Waals surface area contributed by atoms with Gasteiger partial charge in [-0.25, -0.2) is 4.98 Å². The SMILES string of the molecule is Cc1ccc(-c2nc3ccccc3c(=O)n2CC(=O)Nc2ccc(C)cc2Br)cc1. The van der Waals surface area contributed by atoms with E-state index in [0.29, 0.717) is 22.4 Å². The minimum atomic E-state index is -0.299. The molecule has 0 bridgehead atoms. The van der Waals surface area contributed by atoms with E-state index < -0.39 is 0 Å². The molecule has 0 aliphatic heterocycles. The summed E-state index contributed by atoms with van der Waals surface area (Å²) in [6, 6.07) is 20.6. The molecule has 3 aromatic carbocycles. The third kappa shape index (κ3) is 4.04. The van der Waals surface area contributed by atoms with Gasteiger partial charge in [-0.1, -0.05) is 48.0 Å². The second-order valence-corrected chi connectivity index (χ2v) is 8.10. The van der Waals surface area contributed by atoms with Crippen LogP contribution in [-0.2, 0) is 11.3 Å². The van der Waals surface area contributed by atoms with Gasteiger partial charge in [0.05, 0.1) is 16.6 Å². The summed E-state index contributed by atoms with van der Waals surface area (Å²) in [5.41, 5.74) is 3.99. The molecule has 0 saturated carbocycles. The highest BCUT2D eigenvalue weighted by molar-refractivity contribution is 9.10. The highest BCUT2D eigenvalue weighted by atomic mass is 79.9. The van der Waals surface area contributed by atoms with Crippen LogP contribution in [-0.4, -0.2) is 15.5 Å². The average Bonchev–Trinajstić information content (AvgIpc) is 2.73. The fourth-order valence-corrected chi connectivity index (χ4v) is 3.88. The summed E-state index contributed by atoms with van der Waals surface area (Å²) in [5.74, 6) is 0.170. The van der Waals surface area contributed by atoms with Crippen LogP contribution in [0.15, 0.2) is 76.0 Å². The van der Waals surface area contributed by atoms with Gasteiger partial charge in [-0.05, 0) is 59.6 Å². The number of rotatable bonds is 4. The van der Waals surface area contributed by atoms with Gasteiger partial charge in [0, 0.05) is 10.0 Å². The number of nitrogens with one attached hydrogen (secondary N) is 1. The second kappa shape index (κ2) is 8.24. The lowest BCUT2D eigenvalue weighted by Gasteiger charge is -2.14. The van der Waals surface area contributed by atoms with Crippen LogP contribution < -0.4 is 10.9 Å². The first-order valence-electron chi connectivity index (χ1n) is 9.55. The molecule has 1 amide bonds. The van der Waals surface area contributed by atoms with Crippen molar-refractivity contribution in [2.24, 2.45) is 0 Å². The lowest BCUT2D eigenvalue weighted by molar-refractivity contribution is -0.116. The monoisotopic (exact) mass is 461 g/mol. The van der Waals surface area contributed by atoms with Crippen molar-refractivity contribution in [2.45, 2.75) is 20.4 Å². The lowest BCUT2D eigenvalue weighted by atomic mass is 10.1. The van der Waals surface area contributed by atoms with Crippen LogP contribution in [0.25, 0.3) is 22.3 Å². The molecule has 0 atom stereocenters. The van der Waals surface area contributed by atoms with Gasteiger partial charge in [-0.15, -0.1) is 0 Å². The van der Waals surface area contributed by atoms with Gasteiger partial charge in [0.25, 0.3) is 5.56 Å². The molecular formula is C24H20BrN3O2. The molecule has 4 rings (SSSR count). The molecule has 6 heteroatoms. The largest absolute Gasteiger partial charge is 0.324 e. The van der Waals surface area contributed by atoms with Crippen LogP contribution in [0.5, 0.6) is 0 Å². The van der Waals surface area contributed by atoms with E-state index in [1.807, 2.05) is 68.4 Å². The number of benzene rings is 3. The van der Waals surface area contributed by atoms with E-state index >= 15 is 0 Å². The van der Waals surface area contributed by atoms with Gasteiger partial charge in [0.2, 0.25) is 5.91 Å². The van der Waals surface area contributed by atoms with Gasteiger partial charge < -0.3 is 5.32 Å². The van der Waals surface area contributed by atoms with Crippen LogP contribution in [0.2, 0.25) is 0 Å². The number of aryl methyl sites for hydroxylation is 2. The zero-order valence-corrected chi connectivity index (χ0v) is 18.2. The standard InChI is InChI=1S/C24H20BrN3O2/c1-15-7-10-17(11-8-15)23-27-20-6-4-3-5-18(20)24(30)28(23)14-22(29)26-21-12-9-16(2)13-19(21)25/h3-13H,14H2,1-2H3,(H,26,29). The van der Waals surface area contributed by atoms with E-state index in [9.17, 15) is 9.59 Å². The van der Waals surface area contributed by atoms with Crippen molar-refractivity contribution >= 4 is 38.4 Å². The highest BCUT2D eigenvalue weighted by Crippen LogP contribution is 2.24. The molecule has 0 aliphatic carbocycles. The first kappa shape index (κ1) is 20.0. The zero-order valence-electron chi connectivity index (χ0n) is 16.6. The van der Waals surface area contributed by atoms with Crippen molar-refractivity contribution in [3.8, 4) is 11.4 Å². The number of fused-ring (bicyclic) bond motifs is 1. The summed E-state index contributed by atoms with van der Waals surface area (Å²) in [5, 5.41) is 3.36. The number of aromatic nitrogens is 2. The van der Waals surface area contributed by atoms with Gasteiger partial charge in [0.1, 0.15) is 12.4 Å². The zero-order chi connectivity index (χ0) is 21.3. The van der Waals surface area contributed by atoms with Crippen molar-refractivity contribution in [1.82, 2.24) is 9.55 Å². The Morgan fingerprint density at radius 1 is 1.00 bits per heavy atom. The average molecular weight is 462 g/mol. The second-order valence-electron chi connectivity index (χ2n) is 7.24. The summed E-state index contributed by atoms with van der Waals surface area (Å²) in [6.07, 6.45) is 0. The molecule has 0 unspecified atom stereocenters. The molecule has 0 fully saturated rings. The summed E-state index contributed by atoms with van der Waals surface area (Å²) in [7, 11) is 0. The van der Waals surface area contributed by atoms with Crippen molar-refractivity contribution in [3.63, 3.8) is 0 Å². The maximum atomic E-state index is 13.2. The smallest absolute Gasteiger partial charge is 0.262 e. The van der Waals surface area contributed by atoms with E-state index in [-0.39, 0.29) is 18.0 Å². The quantitative estimate of drug-likeness (QED) is 0.460. The molecule has 30 heavy (non-hydrogen) atoms. The van der Waals surface area contributed by atoms with Crippen LogP contribution in [0, 0.1) is 13.8 Å². The molecule has 150 valence electrons. The van der Waals surface area contributed by atoms with Crippen LogP contribution in [0.4, 0.5) is 5.69 Å². The maximum absolute atomic E-state index is 13.2. The van der Waals surface area contributed by atoms with E-state index in [0.717, 1.165) is 21.2 Å². The molecule has 1 heterocycles. The number of halogens is 1. The van der Waals surface area contributed by atoms with Crippen LogP contribution in [0.1, 0.15) is 11.1 Å². The third-order valence-electron chi connectivity index (χ3n) is 4.87. The molecule has 1 aromatic heterocycles. The van der Waals surface area contributed by atoms with Crippen molar-refractivity contribution < 1.29 is 4.79 Å². The third-order valence-corrected chi connectivity index (χ3v) is 5.53. The Hall–Kier alpha value is -3.25. The van der Waals surface area contributed by atoms with Gasteiger partial charge in [0.15, 0.2) is 0 Å². The van der Waals surface area contributed by atoms with Crippen LogP contribution in [0.3, 0.4) is 0 Å². The first-order chi connectivity index (χ1) is 14.4. The number of amides is 1. The lowest BCUT2D eigenvalue weighted by Crippen LogP contribution is -2.30. The Balaban J connectivity index is 1.77. The van der Waals surface area contributed by atoms with Crippen molar-refractivity contribution in [3.05, 3.63) is 92.7 Å². The van der Waals surface area contributed by atoms with E-state index in [4.69, 9.17) is 4.98 Å². The predicted octanol–water partition coefficient (Wildman–Crippen LogP) is 5.08. The molecule has 1 N–H and O–H groups in total. The van der Waals surface area contributed by atoms with Crippen molar-refractivity contribution in [1.29, 1.82) is 0 Å². The number of hydrogen-bond donors (Lipinski definition) is 1. The summed E-state index contributed by atoms with van der Waals surface area (Å²) in [6.45, 7) is 3.84. The molecule has 5 nitrogen and oxygen atoms in total. The number of anilines is 1. The summed E-state index contributed by atoms with van der Waals surface area (Å²) in [4.78, 5) is 30.7. The van der Waals surface area contributed by atoms with Gasteiger partial charge in [-0.3, -0.25) is 14.2 Å². The Labute approximate surface area is 182 Å². The fraction of sp³-hybridized carbons (Fsp3) is 0.125. The number of para-hydroxylation sites is 1. The topological polar surface area (TPSA) is 64.0 Å². The molecule has 0 spiro atoms. The molecular weight excluding hydrogens is 442 g/mol. The number of hydrogen-bond acceptors (Lipinski definition) is 3. The van der Waals surface area contributed by atoms with Crippen LogP contribution >= 0.6 is 15.9 Å². The van der Waals surface area contributed by atoms with E-state index in [2.05, 4.69) is 21.2 Å². The first-order valence-corrected chi connectivity index (χ1v) is 10.3. The fourth-order valence-electron chi connectivity index (χ4n) is 3.29. The Morgan fingerprint density at radius 2 is 1.70 bits per heavy atom. The molecule has 0 aliphatic rings. The molecule has 0 radical (unpaired) electrons. The Bertz CT molecular complexity index is 1310. The number of carbonyl (C=O) groups excluding carboxylic acids is 1. The number of nitrogens with zero attached hydrogens (tertiary/aromatic N) is 2. The van der Waals surface area contributed by atoms with Gasteiger partial charge >= 0.3 is 0 Å². The molecule has 0 saturated heterocycles.